The Morgan fingerprint density at radius 3 is 3.13 bits per heavy atom. The SMILES string of the molecule is CCCNC1CCCC1Cc1cccs1. The van der Waals surface area contributed by atoms with Crippen molar-refractivity contribution in [3.63, 3.8) is 0 Å². The van der Waals surface area contributed by atoms with Crippen LogP contribution in [-0.2, 0) is 6.42 Å². The molecule has 0 amide bonds. The lowest BCUT2D eigenvalue weighted by Crippen LogP contribution is -2.33. The molecule has 0 aromatic carbocycles. The molecule has 1 heterocycles. The summed E-state index contributed by atoms with van der Waals surface area (Å²) in [5.74, 6) is 0.884. The summed E-state index contributed by atoms with van der Waals surface area (Å²) in [6, 6.07) is 5.23. The highest BCUT2D eigenvalue weighted by atomic mass is 32.1. The van der Waals surface area contributed by atoms with Gasteiger partial charge in [0, 0.05) is 10.9 Å². The van der Waals surface area contributed by atoms with E-state index in [9.17, 15) is 0 Å². The summed E-state index contributed by atoms with van der Waals surface area (Å²) in [6.45, 7) is 3.43. The molecule has 1 saturated carbocycles. The molecule has 1 aliphatic carbocycles. The van der Waals surface area contributed by atoms with Crippen molar-refractivity contribution in [1.82, 2.24) is 5.32 Å². The third-order valence-corrected chi connectivity index (χ3v) is 4.26. The average molecular weight is 223 g/mol. The minimum Gasteiger partial charge on any atom is -0.314 e. The first kappa shape index (κ1) is 11.2. The van der Waals surface area contributed by atoms with E-state index in [0.29, 0.717) is 0 Å². The van der Waals surface area contributed by atoms with Crippen molar-refractivity contribution in [2.24, 2.45) is 5.92 Å². The number of nitrogens with one attached hydrogen (secondary N) is 1. The Bertz CT molecular complexity index is 268. The van der Waals surface area contributed by atoms with E-state index in [4.69, 9.17) is 0 Å². The zero-order valence-electron chi connectivity index (χ0n) is 9.54. The molecular formula is C13H21NS. The lowest BCUT2D eigenvalue weighted by molar-refractivity contribution is 0.401. The lowest BCUT2D eigenvalue weighted by Gasteiger charge is -2.20. The van der Waals surface area contributed by atoms with E-state index in [1.807, 2.05) is 11.3 Å². The highest BCUT2D eigenvalue weighted by Gasteiger charge is 2.26. The van der Waals surface area contributed by atoms with Crippen molar-refractivity contribution in [3.8, 4) is 0 Å². The van der Waals surface area contributed by atoms with Gasteiger partial charge in [0.25, 0.3) is 0 Å². The summed E-state index contributed by atoms with van der Waals surface area (Å²) in [5, 5.41) is 5.89. The van der Waals surface area contributed by atoms with Crippen LogP contribution in [-0.4, -0.2) is 12.6 Å². The highest BCUT2D eigenvalue weighted by molar-refractivity contribution is 7.09. The first-order valence-electron chi connectivity index (χ1n) is 6.16. The Kier molecular flexibility index (Phi) is 4.21. The largest absolute Gasteiger partial charge is 0.314 e. The minimum atomic E-state index is 0.784. The van der Waals surface area contributed by atoms with E-state index in [2.05, 4.69) is 29.8 Å². The van der Waals surface area contributed by atoms with Crippen LogP contribution >= 0.6 is 11.3 Å². The van der Waals surface area contributed by atoms with Gasteiger partial charge in [-0.15, -0.1) is 11.3 Å². The second kappa shape index (κ2) is 5.66. The summed E-state index contributed by atoms with van der Waals surface area (Å²) in [7, 11) is 0. The molecule has 84 valence electrons. The standard InChI is InChI=1S/C13H21NS/c1-2-8-14-13-7-3-5-11(13)10-12-6-4-9-15-12/h4,6,9,11,13-14H,2-3,5,7-8,10H2,1H3. The van der Waals surface area contributed by atoms with Crippen LogP contribution in [0, 0.1) is 5.92 Å². The molecule has 2 heteroatoms. The van der Waals surface area contributed by atoms with Crippen molar-refractivity contribution < 1.29 is 0 Å². The van der Waals surface area contributed by atoms with E-state index in [-0.39, 0.29) is 0 Å². The van der Waals surface area contributed by atoms with Crippen LogP contribution in [0.3, 0.4) is 0 Å². The molecule has 1 aromatic rings. The third kappa shape index (κ3) is 3.05. The molecule has 0 saturated heterocycles. The fourth-order valence-electron chi connectivity index (χ4n) is 2.57. The smallest absolute Gasteiger partial charge is 0.00987 e. The van der Waals surface area contributed by atoms with Gasteiger partial charge in [-0.2, -0.15) is 0 Å². The summed E-state index contributed by atoms with van der Waals surface area (Å²) in [5.41, 5.74) is 0. The molecule has 1 fully saturated rings. The zero-order chi connectivity index (χ0) is 10.5. The average Bonchev–Trinajstić information content (AvgIpc) is 2.87. The molecule has 1 nitrogen and oxygen atoms in total. The summed E-state index contributed by atoms with van der Waals surface area (Å²) >= 11 is 1.91. The van der Waals surface area contributed by atoms with Gasteiger partial charge in [-0.25, -0.2) is 0 Å². The second-order valence-corrected chi connectivity index (χ2v) is 5.57. The highest BCUT2D eigenvalue weighted by Crippen LogP contribution is 2.29. The maximum atomic E-state index is 3.70. The number of rotatable bonds is 5. The maximum absolute atomic E-state index is 3.70. The minimum absolute atomic E-state index is 0.784. The van der Waals surface area contributed by atoms with E-state index in [0.717, 1.165) is 12.0 Å². The number of hydrogen-bond acceptors (Lipinski definition) is 2. The normalized spacial score (nSPS) is 25.9. The van der Waals surface area contributed by atoms with Crippen LogP contribution in [0.1, 0.15) is 37.5 Å². The van der Waals surface area contributed by atoms with E-state index < -0.39 is 0 Å². The lowest BCUT2D eigenvalue weighted by atomic mass is 9.98. The van der Waals surface area contributed by atoms with Crippen LogP contribution in [0.15, 0.2) is 17.5 Å². The van der Waals surface area contributed by atoms with Crippen molar-refractivity contribution in [3.05, 3.63) is 22.4 Å². The Hall–Kier alpha value is -0.340. The zero-order valence-corrected chi connectivity index (χ0v) is 10.4. The first-order chi connectivity index (χ1) is 7.40. The van der Waals surface area contributed by atoms with Gasteiger partial charge in [0.2, 0.25) is 0 Å². The molecular weight excluding hydrogens is 202 g/mol. The molecule has 0 aliphatic heterocycles. The van der Waals surface area contributed by atoms with Gasteiger partial charge < -0.3 is 5.32 Å². The quantitative estimate of drug-likeness (QED) is 0.806. The van der Waals surface area contributed by atoms with Gasteiger partial charge in [0.05, 0.1) is 0 Å². The molecule has 2 rings (SSSR count). The summed E-state index contributed by atoms with van der Waals surface area (Å²) in [6.07, 6.45) is 6.76. The summed E-state index contributed by atoms with van der Waals surface area (Å²) < 4.78 is 0. The van der Waals surface area contributed by atoms with Gasteiger partial charge in [0.15, 0.2) is 0 Å². The van der Waals surface area contributed by atoms with Crippen molar-refractivity contribution in [2.45, 2.75) is 45.1 Å². The molecule has 2 atom stereocenters. The Balaban J connectivity index is 1.85. The van der Waals surface area contributed by atoms with Gasteiger partial charge >= 0.3 is 0 Å². The first-order valence-corrected chi connectivity index (χ1v) is 7.04. The van der Waals surface area contributed by atoms with Crippen molar-refractivity contribution in [1.29, 1.82) is 0 Å². The van der Waals surface area contributed by atoms with Gasteiger partial charge in [-0.1, -0.05) is 19.4 Å². The monoisotopic (exact) mass is 223 g/mol. The predicted octanol–water partition coefficient (Wildman–Crippen LogP) is 3.46. The predicted molar refractivity (Wildman–Crippen MR) is 67.4 cm³/mol. The van der Waals surface area contributed by atoms with Crippen LogP contribution in [0.25, 0.3) is 0 Å². The van der Waals surface area contributed by atoms with E-state index in [1.165, 1.54) is 38.6 Å². The van der Waals surface area contributed by atoms with Gasteiger partial charge in [-0.05, 0) is 49.6 Å². The fourth-order valence-corrected chi connectivity index (χ4v) is 3.37. The molecule has 0 bridgehead atoms. The molecule has 2 unspecified atom stereocenters. The molecule has 15 heavy (non-hydrogen) atoms. The van der Waals surface area contributed by atoms with Crippen LogP contribution in [0.4, 0.5) is 0 Å². The fraction of sp³-hybridized carbons (Fsp3) is 0.692. The summed E-state index contributed by atoms with van der Waals surface area (Å²) in [4.78, 5) is 1.56. The van der Waals surface area contributed by atoms with Crippen molar-refractivity contribution >= 4 is 11.3 Å². The third-order valence-electron chi connectivity index (χ3n) is 3.36. The van der Waals surface area contributed by atoms with Crippen LogP contribution in [0.5, 0.6) is 0 Å². The van der Waals surface area contributed by atoms with Gasteiger partial charge in [0.1, 0.15) is 0 Å². The van der Waals surface area contributed by atoms with Crippen LogP contribution < -0.4 is 5.32 Å². The topological polar surface area (TPSA) is 12.0 Å². The molecule has 0 radical (unpaired) electrons. The number of thiophene rings is 1. The second-order valence-electron chi connectivity index (χ2n) is 4.54. The van der Waals surface area contributed by atoms with E-state index >= 15 is 0 Å². The van der Waals surface area contributed by atoms with Crippen LogP contribution in [0.2, 0.25) is 0 Å². The molecule has 1 aromatic heterocycles. The molecule has 0 spiro atoms. The maximum Gasteiger partial charge on any atom is 0.00987 e. The molecule has 1 aliphatic rings. The number of hydrogen-bond donors (Lipinski definition) is 1. The Labute approximate surface area is 96.9 Å². The van der Waals surface area contributed by atoms with E-state index in [1.54, 1.807) is 4.88 Å². The van der Waals surface area contributed by atoms with Crippen molar-refractivity contribution in [2.75, 3.05) is 6.54 Å². The van der Waals surface area contributed by atoms with Gasteiger partial charge in [-0.3, -0.25) is 0 Å². The Morgan fingerprint density at radius 2 is 2.40 bits per heavy atom. The Morgan fingerprint density at radius 1 is 1.47 bits per heavy atom. The molecule has 1 N–H and O–H groups in total.